The first-order valence-electron chi connectivity index (χ1n) is 7.42. The van der Waals surface area contributed by atoms with Crippen LogP contribution in [0, 0.1) is 0 Å². The fourth-order valence-corrected chi connectivity index (χ4v) is 3.20. The molecule has 0 fully saturated rings. The number of carbonyl (C=O) groups excluding carboxylic acids is 1. The van der Waals surface area contributed by atoms with Gasteiger partial charge < -0.3 is 4.74 Å². The molecule has 1 aromatic heterocycles. The highest BCUT2D eigenvalue weighted by Gasteiger charge is 2.26. The van der Waals surface area contributed by atoms with Crippen LogP contribution in [0.15, 0.2) is 18.2 Å². The van der Waals surface area contributed by atoms with E-state index in [1.165, 1.54) is 5.56 Å². The molecule has 0 bridgehead atoms. The maximum Gasteiger partial charge on any atom is 0.419 e. The Morgan fingerprint density at radius 1 is 1.24 bits per heavy atom. The minimum absolute atomic E-state index is 0.294. The topological polar surface area (TPSA) is 31.2 Å². The van der Waals surface area contributed by atoms with E-state index in [-0.39, 0.29) is 6.09 Å². The minimum Gasteiger partial charge on any atom is -0.443 e. The van der Waals surface area contributed by atoms with E-state index < -0.39 is 5.60 Å². The predicted octanol–water partition coefficient (Wildman–Crippen LogP) is 4.96. The highest BCUT2D eigenvalue weighted by molar-refractivity contribution is 6.31. The van der Waals surface area contributed by atoms with Crippen LogP contribution in [0.1, 0.15) is 44.9 Å². The zero-order chi connectivity index (χ0) is 15.2. The van der Waals surface area contributed by atoms with Gasteiger partial charge in [0.05, 0.1) is 5.52 Å². The Morgan fingerprint density at radius 2 is 1.95 bits per heavy atom. The van der Waals surface area contributed by atoms with Crippen molar-refractivity contribution in [3.05, 3.63) is 34.5 Å². The van der Waals surface area contributed by atoms with Crippen molar-refractivity contribution in [3.8, 4) is 0 Å². The summed E-state index contributed by atoms with van der Waals surface area (Å²) >= 11 is 6.13. The standard InChI is InChI=1S/C17H20ClNO2/c1-17(2,3)21-16(20)19-14-7-5-4-6-12(14)13-10-11(18)8-9-15(13)19/h8-10H,4-7H2,1-3H3. The first-order valence-corrected chi connectivity index (χ1v) is 7.80. The fraction of sp³-hybridized carbons (Fsp3) is 0.471. The van der Waals surface area contributed by atoms with Crippen molar-refractivity contribution in [2.45, 2.75) is 52.1 Å². The number of carbonyl (C=O) groups is 1. The lowest BCUT2D eigenvalue weighted by atomic mass is 9.96. The first-order chi connectivity index (χ1) is 9.87. The van der Waals surface area contributed by atoms with E-state index in [1.54, 1.807) is 4.57 Å². The third-order valence-corrected chi connectivity index (χ3v) is 4.04. The molecule has 1 aliphatic rings. The number of hydrogen-bond acceptors (Lipinski definition) is 2. The van der Waals surface area contributed by atoms with Crippen molar-refractivity contribution in [1.82, 2.24) is 4.57 Å². The number of halogens is 1. The van der Waals surface area contributed by atoms with Gasteiger partial charge in [0.15, 0.2) is 0 Å². The Kier molecular flexibility index (Phi) is 3.48. The molecule has 1 heterocycles. The van der Waals surface area contributed by atoms with Crippen molar-refractivity contribution in [3.63, 3.8) is 0 Å². The van der Waals surface area contributed by atoms with Crippen LogP contribution in [0.3, 0.4) is 0 Å². The summed E-state index contributed by atoms with van der Waals surface area (Å²) in [6, 6.07) is 5.71. The van der Waals surface area contributed by atoms with Gasteiger partial charge in [0.1, 0.15) is 5.60 Å². The number of nitrogens with zero attached hydrogens (tertiary/aromatic N) is 1. The number of aromatic nitrogens is 1. The van der Waals surface area contributed by atoms with E-state index in [0.29, 0.717) is 5.02 Å². The maximum absolute atomic E-state index is 12.6. The van der Waals surface area contributed by atoms with Gasteiger partial charge in [-0.3, -0.25) is 0 Å². The van der Waals surface area contributed by atoms with Crippen molar-refractivity contribution >= 4 is 28.6 Å². The lowest BCUT2D eigenvalue weighted by molar-refractivity contribution is 0.0539. The second kappa shape index (κ2) is 5.06. The van der Waals surface area contributed by atoms with Crippen molar-refractivity contribution in [2.75, 3.05) is 0 Å². The van der Waals surface area contributed by atoms with Gasteiger partial charge in [0.25, 0.3) is 0 Å². The van der Waals surface area contributed by atoms with Crippen molar-refractivity contribution in [1.29, 1.82) is 0 Å². The lowest BCUT2D eigenvalue weighted by Gasteiger charge is -2.22. The molecule has 0 radical (unpaired) electrons. The average molecular weight is 306 g/mol. The van der Waals surface area contributed by atoms with Gasteiger partial charge >= 0.3 is 6.09 Å². The van der Waals surface area contributed by atoms with Crippen molar-refractivity contribution in [2.24, 2.45) is 0 Å². The van der Waals surface area contributed by atoms with Gasteiger partial charge in [-0.1, -0.05) is 11.6 Å². The molecule has 0 amide bonds. The maximum atomic E-state index is 12.6. The highest BCUT2D eigenvalue weighted by atomic mass is 35.5. The van der Waals surface area contributed by atoms with Gasteiger partial charge in [-0.2, -0.15) is 0 Å². The molecule has 112 valence electrons. The number of benzene rings is 1. The largest absolute Gasteiger partial charge is 0.443 e. The molecule has 0 spiro atoms. The molecule has 0 unspecified atom stereocenters. The van der Waals surface area contributed by atoms with Crippen LogP contribution in [0.5, 0.6) is 0 Å². The summed E-state index contributed by atoms with van der Waals surface area (Å²) in [4.78, 5) is 12.6. The summed E-state index contributed by atoms with van der Waals surface area (Å²) in [6.07, 6.45) is 3.90. The molecule has 0 N–H and O–H groups in total. The van der Waals surface area contributed by atoms with E-state index in [1.807, 2.05) is 39.0 Å². The van der Waals surface area contributed by atoms with Crippen LogP contribution in [0.4, 0.5) is 4.79 Å². The minimum atomic E-state index is -0.498. The molecule has 21 heavy (non-hydrogen) atoms. The van der Waals surface area contributed by atoms with E-state index in [0.717, 1.165) is 42.3 Å². The molecule has 3 nitrogen and oxygen atoms in total. The monoisotopic (exact) mass is 305 g/mol. The Bertz CT molecular complexity index is 710. The predicted molar refractivity (Wildman–Crippen MR) is 85.2 cm³/mol. The number of ether oxygens (including phenoxy) is 1. The van der Waals surface area contributed by atoms with Crippen LogP contribution in [0.25, 0.3) is 10.9 Å². The normalized spacial score (nSPS) is 15.0. The number of hydrogen-bond donors (Lipinski definition) is 0. The van der Waals surface area contributed by atoms with Gasteiger partial charge in [0.2, 0.25) is 0 Å². The second-order valence-electron chi connectivity index (χ2n) is 6.61. The molecule has 1 aromatic carbocycles. The van der Waals surface area contributed by atoms with Gasteiger partial charge in [-0.05, 0) is 70.2 Å². The van der Waals surface area contributed by atoms with Crippen LogP contribution in [-0.2, 0) is 17.6 Å². The van der Waals surface area contributed by atoms with E-state index in [9.17, 15) is 4.79 Å². The number of fused-ring (bicyclic) bond motifs is 3. The second-order valence-corrected chi connectivity index (χ2v) is 7.05. The molecule has 0 atom stereocenters. The fourth-order valence-electron chi connectivity index (χ4n) is 3.03. The van der Waals surface area contributed by atoms with E-state index in [2.05, 4.69) is 0 Å². The Balaban J connectivity index is 2.19. The summed E-state index contributed by atoms with van der Waals surface area (Å²) in [5.41, 5.74) is 2.75. The van der Waals surface area contributed by atoms with Crippen LogP contribution in [0.2, 0.25) is 5.02 Å². The zero-order valence-corrected chi connectivity index (χ0v) is 13.5. The van der Waals surface area contributed by atoms with Crippen molar-refractivity contribution < 1.29 is 9.53 Å². The van der Waals surface area contributed by atoms with E-state index in [4.69, 9.17) is 16.3 Å². The molecule has 3 rings (SSSR count). The average Bonchev–Trinajstić information content (AvgIpc) is 2.71. The summed E-state index contributed by atoms with van der Waals surface area (Å²) in [5.74, 6) is 0. The Hall–Kier alpha value is -1.48. The van der Waals surface area contributed by atoms with Gasteiger partial charge in [-0.25, -0.2) is 9.36 Å². The molecule has 0 saturated carbocycles. The molecular weight excluding hydrogens is 286 g/mol. The van der Waals surface area contributed by atoms with Crippen LogP contribution < -0.4 is 0 Å². The van der Waals surface area contributed by atoms with Gasteiger partial charge in [-0.15, -0.1) is 0 Å². The molecule has 0 aliphatic heterocycles. The molecular formula is C17H20ClNO2. The summed E-state index contributed by atoms with van der Waals surface area (Å²) in [7, 11) is 0. The van der Waals surface area contributed by atoms with Crippen LogP contribution in [-0.4, -0.2) is 16.3 Å². The summed E-state index contributed by atoms with van der Waals surface area (Å²) in [6.45, 7) is 5.67. The summed E-state index contributed by atoms with van der Waals surface area (Å²) < 4.78 is 7.32. The zero-order valence-electron chi connectivity index (χ0n) is 12.7. The first kappa shape index (κ1) is 14.5. The molecule has 2 aromatic rings. The van der Waals surface area contributed by atoms with Crippen LogP contribution >= 0.6 is 11.6 Å². The quantitative estimate of drug-likeness (QED) is 0.689. The van der Waals surface area contributed by atoms with Gasteiger partial charge in [0, 0.05) is 16.1 Å². The molecule has 0 saturated heterocycles. The van der Waals surface area contributed by atoms with E-state index >= 15 is 0 Å². The molecule has 4 heteroatoms. The number of aryl methyl sites for hydroxylation is 1. The Labute approximate surface area is 129 Å². The third-order valence-electron chi connectivity index (χ3n) is 3.81. The third kappa shape index (κ3) is 2.67. The number of rotatable bonds is 0. The lowest BCUT2D eigenvalue weighted by Crippen LogP contribution is -2.28. The Morgan fingerprint density at radius 3 is 2.67 bits per heavy atom. The molecule has 1 aliphatic carbocycles. The SMILES string of the molecule is CC(C)(C)OC(=O)n1c2c(c3cc(Cl)ccc31)CCCC2. The summed E-state index contributed by atoms with van der Waals surface area (Å²) in [5, 5.41) is 1.79. The highest BCUT2D eigenvalue weighted by Crippen LogP contribution is 2.34. The smallest absolute Gasteiger partial charge is 0.419 e.